The van der Waals surface area contributed by atoms with Crippen LogP contribution in [-0.4, -0.2) is 42.6 Å². The minimum atomic E-state index is -0.389. The fourth-order valence-corrected chi connectivity index (χ4v) is 3.13. The molecule has 0 spiro atoms. The van der Waals surface area contributed by atoms with E-state index in [9.17, 15) is 0 Å². The van der Waals surface area contributed by atoms with Crippen LogP contribution in [-0.2, 0) is 9.47 Å². The molecule has 1 atom stereocenters. The molecule has 0 aromatic carbocycles. The molecule has 2 aliphatic rings. The van der Waals surface area contributed by atoms with E-state index in [1.54, 1.807) is 0 Å². The second-order valence-corrected chi connectivity index (χ2v) is 6.17. The van der Waals surface area contributed by atoms with Crippen molar-refractivity contribution < 1.29 is 9.47 Å². The van der Waals surface area contributed by atoms with Crippen LogP contribution in [0.25, 0.3) is 0 Å². The summed E-state index contributed by atoms with van der Waals surface area (Å²) in [6.45, 7) is 6.57. The van der Waals surface area contributed by atoms with Gasteiger partial charge in [0, 0.05) is 11.8 Å². The molecule has 0 saturated carbocycles. The number of hydrogen-bond donors (Lipinski definition) is 1. The minimum Gasteiger partial charge on any atom is -0.349 e. The van der Waals surface area contributed by atoms with Gasteiger partial charge in [0.1, 0.15) is 0 Å². The average Bonchev–Trinajstić information content (AvgIpc) is 2.69. The Morgan fingerprint density at radius 2 is 2.07 bits per heavy atom. The maximum absolute atomic E-state index is 5.60. The Kier molecular flexibility index (Phi) is 3.93. The predicted molar refractivity (Wildman–Crippen MR) is 63.3 cm³/mol. The fraction of sp³-hybridized carbons (Fsp3) is 1.00. The van der Waals surface area contributed by atoms with E-state index in [4.69, 9.17) is 9.47 Å². The van der Waals surface area contributed by atoms with Gasteiger partial charge >= 0.3 is 0 Å². The molecular weight excluding hydrogens is 210 g/mol. The van der Waals surface area contributed by atoms with Crippen molar-refractivity contribution in [2.24, 2.45) is 0 Å². The Morgan fingerprint density at radius 1 is 1.33 bits per heavy atom. The van der Waals surface area contributed by atoms with Gasteiger partial charge in [0.2, 0.25) is 0 Å². The standard InChI is InChI=1S/C11H21NO2S/c1-11(2)13-7-9(8-14-11)12-6-10-4-3-5-15-10/h9-10,12H,3-8H2,1-2H3. The highest BCUT2D eigenvalue weighted by Crippen LogP contribution is 2.25. The monoisotopic (exact) mass is 231 g/mol. The number of ether oxygens (including phenoxy) is 2. The Hall–Kier alpha value is 0.230. The number of rotatable bonds is 3. The quantitative estimate of drug-likeness (QED) is 0.799. The highest BCUT2D eigenvalue weighted by molar-refractivity contribution is 8.00. The zero-order chi connectivity index (χ0) is 10.7. The fourth-order valence-electron chi connectivity index (χ4n) is 1.91. The van der Waals surface area contributed by atoms with E-state index in [1.165, 1.54) is 18.6 Å². The molecule has 0 aromatic heterocycles. The van der Waals surface area contributed by atoms with E-state index >= 15 is 0 Å². The van der Waals surface area contributed by atoms with Crippen LogP contribution in [0.3, 0.4) is 0 Å². The van der Waals surface area contributed by atoms with Crippen LogP contribution in [0.15, 0.2) is 0 Å². The SMILES string of the molecule is CC1(C)OCC(NCC2CCCS2)CO1. The molecule has 2 fully saturated rings. The van der Waals surface area contributed by atoms with E-state index in [0.29, 0.717) is 6.04 Å². The van der Waals surface area contributed by atoms with Gasteiger partial charge in [0.25, 0.3) is 0 Å². The third-order valence-corrected chi connectivity index (χ3v) is 4.32. The lowest BCUT2D eigenvalue weighted by atomic mass is 10.2. The maximum atomic E-state index is 5.60. The van der Waals surface area contributed by atoms with Crippen LogP contribution in [0.2, 0.25) is 0 Å². The number of thioether (sulfide) groups is 1. The Labute approximate surface area is 96.3 Å². The number of hydrogen-bond acceptors (Lipinski definition) is 4. The number of nitrogens with one attached hydrogen (secondary N) is 1. The van der Waals surface area contributed by atoms with Gasteiger partial charge < -0.3 is 14.8 Å². The molecule has 3 nitrogen and oxygen atoms in total. The molecule has 0 radical (unpaired) electrons. The summed E-state index contributed by atoms with van der Waals surface area (Å²) in [6.07, 6.45) is 2.74. The molecule has 88 valence electrons. The molecule has 1 unspecified atom stereocenters. The molecule has 2 saturated heterocycles. The van der Waals surface area contributed by atoms with Crippen LogP contribution >= 0.6 is 11.8 Å². The van der Waals surface area contributed by atoms with Crippen molar-refractivity contribution in [3.05, 3.63) is 0 Å². The van der Waals surface area contributed by atoms with Gasteiger partial charge in [0.05, 0.1) is 19.3 Å². The van der Waals surface area contributed by atoms with Gasteiger partial charge in [-0.3, -0.25) is 0 Å². The molecule has 2 heterocycles. The molecule has 4 heteroatoms. The Bertz CT molecular complexity index is 195. The summed E-state index contributed by atoms with van der Waals surface area (Å²) in [5.74, 6) is 0.942. The van der Waals surface area contributed by atoms with Gasteiger partial charge in [0.15, 0.2) is 5.79 Å². The highest BCUT2D eigenvalue weighted by atomic mass is 32.2. The Morgan fingerprint density at radius 3 is 2.67 bits per heavy atom. The van der Waals surface area contributed by atoms with E-state index in [1.807, 2.05) is 13.8 Å². The van der Waals surface area contributed by atoms with Crippen molar-refractivity contribution in [1.29, 1.82) is 0 Å². The third kappa shape index (κ3) is 3.63. The molecule has 0 amide bonds. The van der Waals surface area contributed by atoms with E-state index < -0.39 is 0 Å². The smallest absolute Gasteiger partial charge is 0.162 e. The normalized spacial score (nSPS) is 32.0. The van der Waals surface area contributed by atoms with Crippen molar-refractivity contribution in [3.63, 3.8) is 0 Å². The molecule has 1 N–H and O–H groups in total. The minimum absolute atomic E-state index is 0.374. The zero-order valence-corrected chi connectivity index (χ0v) is 10.4. The lowest BCUT2D eigenvalue weighted by Crippen LogP contribution is -2.49. The maximum Gasteiger partial charge on any atom is 0.162 e. The molecule has 15 heavy (non-hydrogen) atoms. The molecule has 2 rings (SSSR count). The summed E-state index contributed by atoms with van der Waals surface area (Å²) in [4.78, 5) is 0. The summed E-state index contributed by atoms with van der Waals surface area (Å²) in [7, 11) is 0. The van der Waals surface area contributed by atoms with Crippen molar-refractivity contribution in [2.45, 2.75) is 43.8 Å². The van der Waals surface area contributed by atoms with Crippen LogP contribution in [0.1, 0.15) is 26.7 Å². The second-order valence-electron chi connectivity index (χ2n) is 4.76. The Balaban J connectivity index is 1.64. The van der Waals surface area contributed by atoms with Gasteiger partial charge in [-0.15, -0.1) is 0 Å². The lowest BCUT2D eigenvalue weighted by molar-refractivity contribution is -0.252. The van der Waals surface area contributed by atoms with Crippen molar-refractivity contribution >= 4 is 11.8 Å². The van der Waals surface area contributed by atoms with Gasteiger partial charge in [-0.05, 0) is 32.4 Å². The molecule has 0 aliphatic carbocycles. The van der Waals surface area contributed by atoms with Crippen LogP contribution in [0.5, 0.6) is 0 Å². The summed E-state index contributed by atoms with van der Waals surface area (Å²) in [6, 6.07) is 0.374. The van der Waals surface area contributed by atoms with E-state index in [2.05, 4.69) is 17.1 Å². The van der Waals surface area contributed by atoms with Crippen molar-refractivity contribution in [3.8, 4) is 0 Å². The summed E-state index contributed by atoms with van der Waals surface area (Å²) < 4.78 is 11.2. The second kappa shape index (κ2) is 5.04. The first-order valence-electron chi connectivity index (χ1n) is 5.79. The van der Waals surface area contributed by atoms with E-state index in [-0.39, 0.29) is 5.79 Å². The highest BCUT2D eigenvalue weighted by Gasteiger charge is 2.28. The lowest BCUT2D eigenvalue weighted by Gasteiger charge is -2.35. The summed E-state index contributed by atoms with van der Waals surface area (Å²) in [5.41, 5.74) is 0. The van der Waals surface area contributed by atoms with Crippen LogP contribution < -0.4 is 5.32 Å². The van der Waals surface area contributed by atoms with Gasteiger partial charge in [-0.25, -0.2) is 0 Å². The predicted octanol–water partition coefficient (Wildman–Crippen LogP) is 1.62. The van der Waals surface area contributed by atoms with Crippen LogP contribution in [0.4, 0.5) is 0 Å². The zero-order valence-electron chi connectivity index (χ0n) is 9.62. The summed E-state index contributed by atoms with van der Waals surface area (Å²) >= 11 is 2.09. The molecule has 0 bridgehead atoms. The molecule has 0 aromatic rings. The third-order valence-electron chi connectivity index (χ3n) is 2.92. The summed E-state index contributed by atoms with van der Waals surface area (Å²) in [5, 5.41) is 4.34. The largest absolute Gasteiger partial charge is 0.349 e. The van der Waals surface area contributed by atoms with Crippen LogP contribution in [0, 0.1) is 0 Å². The van der Waals surface area contributed by atoms with Gasteiger partial charge in [-0.2, -0.15) is 11.8 Å². The van der Waals surface area contributed by atoms with Crippen molar-refractivity contribution in [1.82, 2.24) is 5.32 Å². The van der Waals surface area contributed by atoms with E-state index in [0.717, 1.165) is 25.0 Å². The molecular formula is C11H21NO2S. The first-order valence-corrected chi connectivity index (χ1v) is 6.83. The average molecular weight is 231 g/mol. The van der Waals surface area contributed by atoms with Crippen molar-refractivity contribution in [2.75, 3.05) is 25.5 Å². The first-order chi connectivity index (χ1) is 7.16. The topological polar surface area (TPSA) is 30.5 Å². The first kappa shape index (κ1) is 11.7. The van der Waals surface area contributed by atoms with Gasteiger partial charge in [-0.1, -0.05) is 0 Å². The molecule has 2 aliphatic heterocycles.